The molecule has 1 N–H and O–H groups in total. The maximum Gasteiger partial charge on any atom is 0.228 e. The van der Waals surface area contributed by atoms with Crippen LogP contribution in [0, 0.1) is 5.41 Å². The van der Waals surface area contributed by atoms with E-state index in [1.807, 2.05) is 43.0 Å². The first-order valence-corrected chi connectivity index (χ1v) is 7.11. The predicted octanol–water partition coefficient (Wildman–Crippen LogP) is 2.34. The highest BCUT2D eigenvalue weighted by Gasteiger charge is 2.32. The van der Waals surface area contributed by atoms with E-state index in [4.69, 9.17) is 11.6 Å². The van der Waals surface area contributed by atoms with Crippen LogP contribution >= 0.6 is 11.6 Å². The quantitative estimate of drug-likeness (QED) is 0.922. The molecule has 1 fully saturated rings. The van der Waals surface area contributed by atoms with Gasteiger partial charge in [0.05, 0.1) is 0 Å². The molecular weight excluding hydrogens is 260 g/mol. The van der Waals surface area contributed by atoms with Crippen molar-refractivity contribution in [2.45, 2.75) is 20.3 Å². The van der Waals surface area contributed by atoms with Crippen molar-refractivity contribution in [3.8, 4) is 0 Å². The molecule has 4 heteroatoms. The highest BCUT2D eigenvalue weighted by atomic mass is 35.5. The molecule has 19 heavy (non-hydrogen) atoms. The van der Waals surface area contributed by atoms with Crippen LogP contribution in [0.5, 0.6) is 0 Å². The normalized spacial score (nSPS) is 16.5. The Morgan fingerprint density at radius 3 is 2.68 bits per heavy atom. The van der Waals surface area contributed by atoms with Crippen LogP contribution in [0.15, 0.2) is 24.3 Å². The van der Waals surface area contributed by atoms with E-state index in [9.17, 15) is 4.79 Å². The van der Waals surface area contributed by atoms with Gasteiger partial charge in [-0.1, -0.05) is 37.6 Å². The SMILES string of the molecule is CC(C)(Cc1cccc(Cl)c1)C(=O)N1CCNCC1. The van der Waals surface area contributed by atoms with Crippen LogP contribution in [0.3, 0.4) is 0 Å². The number of benzene rings is 1. The number of piperazine rings is 1. The summed E-state index contributed by atoms with van der Waals surface area (Å²) in [5.41, 5.74) is 0.725. The smallest absolute Gasteiger partial charge is 0.228 e. The largest absolute Gasteiger partial charge is 0.340 e. The molecule has 2 rings (SSSR count). The number of hydrogen-bond acceptors (Lipinski definition) is 2. The van der Waals surface area contributed by atoms with Gasteiger partial charge >= 0.3 is 0 Å². The van der Waals surface area contributed by atoms with Crippen molar-refractivity contribution < 1.29 is 4.79 Å². The van der Waals surface area contributed by atoms with Gasteiger partial charge in [0, 0.05) is 36.6 Å². The minimum atomic E-state index is -0.387. The standard InChI is InChI=1S/C15H21ClN2O/c1-15(2,11-12-4-3-5-13(16)10-12)14(19)18-8-6-17-7-9-18/h3-5,10,17H,6-9,11H2,1-2H3. The first kappa shape index (κ1) is 14.4. The predicted molar refractivity (Wildman–Crippen MR) is 78.4 cm³/mol. The summed E-state index contributed by atoms with van der Waals surface area (Å²) >= 11 is 6.00. The minimum Gasteiger partial charge on any atom is -0.340 e. The average Bonchev–Trinajstić information content (AvgIpc) is 2.38. The van der Waals surface area contributed by atoms with E-state index in [2.05, 4.69) is 5.32 Å². The highest BCUT2D eigenvalue weighted by molar-refractivity contribution is 6.30. The number of nitrogens with one attached hydrogen (secondary N) is 1. The number of nitrogens with zero attached hydrogens (tertiary/aromatic N) is 1. The van der Waals surface area contributed by atoms with Crippen molar-refractivity contribution in [1.29, 1.82) is 0 Å². The van der Waals surface area contributed by atoms with Gasteiger partial charge in [-0.3, -0.25) is 4.79 Å². The Balaban J connectivity index is 2.06. The molecule has 1 amide bonds. The Hall–Kier alpha value is -1.06. The highest BCUT2D eigenvalue weighted by Crippen LogP contribution is 2.26. The lowest BCUT2D eigenvalue weighted by molar-refractivity contribution is -0.140. The van der Waals surface area contributed by atoms with Crippen LogP contribution in [-0.4, -0.2) is 37.0 Å². The van der Waals surface area contributed by atoms with Gasteiger partial charge in [-0.25, -0.2) is 0 Å². The number of carbonyl (C=O) groups excluding carboxylic acids is 1. The van der Waals surface area contributed by atoms with Crippen molar-refractivity contribution in [3.05, 3.63) is 34.9 Å². The maximum atomic E-state index is 12.6. The molecule has 1 aromatic rings. The number of amides is 1. The number of halogens is 1. The van der Waals surface area contributed by atoms with Crippen molar-refractivity contribution in [2.75, 3.05) is 26.2 Å². The summed E-state index contributed by atoms with van der Waals surface area (Å²) in [5.74, 6) is 0.231. The third kappa shape index (κ3) is 3.71. The van der Waals surface area contributed by atoms with E-state index in [1.165, 1.54) is 0 Å². The summed E-state index contributed by atoms with van der Waals surface area (Å²) in [5, 5.41) is 3.99. The molecule has 0 spiro atoms. The number of rotatable bonds is 3. The molecule has 0 saturated carbocycles. The number of hydrogen-bond donors (Lipinski definition) is 1. The summed E-state index contributed by atoms with van der Waals surface area (Å²) in [7, 11) is 0. The Labute approximate surface area is 119 Å². The third-order valence-electron chi connectivity index (χ3n) is 3.52. The summed E-state index contributed by atoms with van der Waals surface area (Å²) < 4.78 is 0. The molecule has 0 bridgehead atoms. The minimum absolute atomic E-state index is 0.231. The molecule has 0 atom stereocenters. The Morgan fingerprint density at radius 1 is 1.37 bits per heavy atom. The summed E-state index contributed by atoms with van der Waals surface area (Å²) in [6.45, 7) is 7.41. The zero-order valence-corrected chi connectivity index (χ0v) is 12.3. The zero-order chi connectivity index (χ0) is 13.9. The summed E-state index contributed by atoms with van der Waals surface area (Å²) in [6.07, 6.45) is 0.719. The van der Waals surface area contributed by atoms with E-state index < -0.39 is 0 Å². The van der Waals surface area contributed by atoms with Crippen molar-refractivity contribution in [3.63, 3.8) is 0 Å². The van der Waals surface area contributed by atoms with Crippen LogP contribution in [0.2, 0.25) is 5.02 Å². The maximum absolute atomic E-state index is 12.6. The average molecular weight is 281 g/mol. The number of carbonyl (C=O) groups is 1. The Morgan fingerprint density at radius 2 is 2.05 bits per heavy atom. The van der Waals surface area contributed by atoms with Gasteiger partial charge in [0.1, 0.15) is 0 Å². The molecule has 1 aliphatic heterocycles. The monoisotopic (exact) mass is 280 g/mol. The summed E-state index contributed by atoms with van der Waals surface area (Å²) in [6, 6.07) is 7.76. The molecule has 0 aromatic heterocycles. The van der Waals surface area contributed by atoms with Crippen LogP contribution in [-0.2, 0) is 11.2 Å². The van der Waals surface area contributed by atoms with Crippen LogP contribution in [0.4, 0.5) is 0 Å². The van der Waals surface area contributed by atoms with Gasteiger partial charge in [0.25, 0.3) is 0 Å². The van der Waals surface area contributed by atoms with Crippen LogP contribution in [0.1, 0.15) is 19.4 Å². The molecule has 1 heterocycles. The molecule has 0 radical (unpaired) electrons. The third-order valence-corrected chi connectivity index (χ3v) is 3.75. The van der Waals surface area contributed by atoms with Gasteiger partial charge in [-0.15, -0.1) is 0 Å². The van der Waals surface area contributed by atoms with Crippen LogP contribution in [0.25, 0.3) is 0 Å². The topological polar surface area (TPSA) is 32.3 Å². The Bertz CT molecular complexity index is 453. The molecular formula is C15H21ClN2O. The van der Waals surface area contributed by atoms with Gasteiger partial charge in [-0.05, 0) is 24.1 Å². The fourth-order valence-corrected chi connectivity index (χ4v) is 2.74. The fraction of sp³-hybridized carbons (Fsp3) is 0.533. The van der Waals surface area contributed by atoms with E-state index >= 15 is 0 Å². The lowest BCUT2D eigenvalue weighted by Crippen LogP contribution is -2.51. The summed E-state index contributed by atoms with van der Waals surface area (Å²) in [4.78, 5) is 14.5. The van der Waals surface area contributed by atoms with Gasteiger partial charge in [0.2, 0.25) is 5.91 Å². The Kier molecular flexibility index (Phi) is 4.48. The molecule has 3 nitrogen and oxygen atoms in total. The van der Waals surface area contributed by atoms with E-state index in [0.717, 1.165) is 43.2 Å². The van der Waals surface area contributed by atoms with Crippen molar-refractivity contribution >= 4 is 17.5 Å². The van der Waals surface area contributed by atoms with Gasteiger partial charge in [0.15, 0.2) is 0 Å². The first-order chi connectivity index (χ1) is 8.99. The molecule has 0 aliphatic carbocycles. The lowest BCUT2D eigenvalue weighted by atomic mass is 9.84. The van der Waals surface area contributed by atoms with Crippen LogP contribution < -0.4 is 5.32 Å². The van der Waals surface area contributed by atoms with E-state index in [1.54, 1.807) is 0 Å². The molecule has 1 aliphatic rings. The first-order valence-electron chi connectivity index (χ1n) is 6.73. The molecule has 1 saturated heterocycles. The second kappa shape index (κ2) is 5.93. The second-order valence-corrected chi connectivity index (χ2v) is 6.17. The van der Waals surface area contributed by atoms with Gasteiger partial charge < -0.3 is 10.2 Å². The van der Waals surface area contributed by atoms with E-state index in [-0.39, 0.29) is 11.3 Å². The van der Waals surface area contributed by atoms with Gasteiger partial charge in [-0.2, -0.15) is 0 Å². The van der Waals surface area contributed by atoms with Crippen molar-refractivity contribution in [2.24, 2.45) is 5.41 Å². The molecule has 104 valence electrons. The fourth-order valence-electron chi connectivity index (χ4n) is 2.53. The second-order valence-electron chi connectivity index (χ2n) is 5.73. The molecule has 1 aromatic carbocycles. The lowest BCUT2D eigenvalue weighted by Gasteiger charge is -2.34. The van der Waals surface area contributed by atoms with E-state index in [0.29, 0.717) is 0 Å². The van der Waals surface area contributed by atoms with Crippen molar-refractivity contribution in [1.82, 2.24) is 10.2 Å². The molecule has 0 unspecified atom stereocenters. The zero-order valence-electron chi connectivity index (χ0n) is 11.6.